The Hall–Kier alpha value is -2.35. The van der Waals surface area contributed by atoms with Crippen molar-refractivity contribution in [2.45, 2.75) is 19.5 Å². The molecule has 0 unspecified atom stereocenters. The second-order valence-electron chi connectivity index (χ2n) is 4.16. The molecule has 0 bridgehead atoms. The maximum absolute atomic E-state index is 12.7. The summed E-state index contributed by atoms with van der Waals surface area (Å²) in [6.45, 7) is 1.96. The summed E-state index contributed by atoms with van der Waals surface area (Å²) in [5, 5.41) is 0. The number of hydrazine groups is 1. The van der Waals surface area contributed by atoms with E-state index in [0.29, 0.717) is 5.75 Å². The fourth-order valence-electron chi connectivity index (χ4n) is 1.63. The van der Waals surface area contributed by atoms with Crippen molar-refractivity contribution in [2.24, 2.45) is 5.84 Å². The van der Waals surface area contributed by atoms with Gasteiger partial charge in [-0.05, 0) is 24.1 Å². The summed E-state index contributed by atoms with van der Waals surface area (Å²) >= 11 is 0. The minimum atomic E-state index is -4.68. The normalized spacial score (nSPS) is 11.3. The van der Waals surface area contributed by atoms with Gasteiger partial charge in [-0.1, -0.05) is 19.1 Å². The molecule has 1 heterocycles. The number of hydrogen-bond donors (Lipinski definition) is 2. The summed E-state index contributed by atoms with van der Waals surface area (Å²) in [7, 11) is 0. The van der Waals surface area contributed by atoms with Crippen molar-refractivity contribution in [1.29, 1.82) is 0 Å². The van der Waals surface area contributed by atoms with Crippen LogP contribution in [-0.2, 0) is 12.6 Å². The van der Waals surface area contributed by atoms with Crippen molar-refractivity contribution in [3.63, 3.8) is 0 Å². The Kier molecular flexibility index (Phi) is 4.27. The molecule has 1 aromatic heterocycles. The predicted octanol–water partition coefficient (Wildman–Crippen LogP) is 3.14. The molecule has 112 valence electrons. The van der Waals surface area contributed by atoms with E-state index in [1.54, 1.807) is 18.2 Å². The molecular formula is C13H13F3N4O. The Bertz CT molecular complexity index is 631. The zero-order valence-corrected chi connectivity index (χ0v) is 11.1. The Morgan fingerprint density at radius 1 is 1.24 bits per heavy atom. The second kappa shape index (κ2) is 5.96. The molecule has 2 rings (SSSR count). The first-order chi connectivity index (χ1) is 9.92. The minimum Gasteiger partial charge on any atom is -0.439 e. The molecule has 0 saturated heterocycles. The van der Waals surface area contributed by atoms with E-state index >= 15 is 0 Å². The van der Waals surface area contributed by atoms with Gasteiger partial charge in [-0.25, -0.2) is 10.8 Å². The first-order valence-electron chi connectivity index (χ1n) is 6.12. The summed E-state index contributed by atoms with van der Waals surface area (Å²) < 4.78 is 43.4. The zero-order valence-electron chi connectivity index (χ0n) is 11.1. The minimum absolute atomic E-state index is 0.182. The number of hydrogen-bond acceptors (Lipinski definition) is 5. The van der Waals surface area contributed by atoms with Crippen molar-refractivity contribution >= 4 is 5.82 Å². The maximum atomic E-state index is 12.7. The molecule has 0 aliphatic rings. The van der Waals surface area contributed by atoms with E-state index in [1.165, 1.54) is 6.07 Å². The van der Waals surface area contributed by atoms with Crippen LogP contribution in [0.5, 0.6) is 11.6 Å². The fourth-order valence-corrected chi connectivity index (χ4v) is 1.63. The van der Waals surface area contributed by atoms with Crippen LogP contribution in [0.1, 0.15) is 18.3 Å². The van der Waals surface area contributed by atoms with Gasteiger partial charge >= 0.3 is 6.18 Å². The van der Waals surface area contributed by atoms with Gasteiger partial charge in [0, 0.05) is 6.07 Å². The van der Waals surface area contributed by atoms with E-state index in [4.69, 9.17) is 10.6 Å². The third-order valence-corrected chi connectivity index (χ3v) is 2.63. The number of anilines is 1. The second-order valence-corrected chi connectivity index (χ2v) is 4.16. The number of halogens is 3. The highest BCUT2D eigenvalue weighted by atomic mass is 19.4. The number of benzene rings is 1. The lowest BCUT2D eigenvalue weighted by atomic mass is 10.2. The summed E-state index contributed by atoms with van der Waals surface area (Å²) in [5.74, 6) is 3.76. The molecule has 8 heteroatoms. The molecule has 0 aliphatic carbocycles. The van der Waals surface area contributed by atoms with Gasteiger partial charge in [-0.15, -0.1) is 0 Å². The molecule has 1 aromatic carbocycles. The molecule has 0 radical (unpaired) electrons. The van der Waals surface area contributed by atoms with Crippen LogP contribution in [0.15, 0.2) is 30.3 Å². The van der Waals surface area contributed by atoms with Crippen molar-refractivity contribution in [2.75, 3.05) is 5.43 Å². The van der Waals surface area contributed by atoms with Gasteiger partial charge < -0.3 is 10.2 Å². The molecule has 3 N–H and O–H groups in total. The van der Waals surface area contributed by atoms with Crippen LogP contribution >= 0.6 is 0 Å². The van der Waals surface area contributed by atoms with Crippen LogP contribution in [-0.4, -0.2) is 9.97 Å². The molecule has 0 saturated carbocycles. The highest BCUT2D eigenvalue weighted by Gasteiger charge is 2.35. The number of aromatic nitrogens is 2. The SMILES string of the molecule is CCc1cccc(Oc2cc(NN)nc(C(F)(F)F)n2)c1. The van der Waals surface area contributed by atoms with Crippen molar-refractivity contribution in [1.82, 2.24) is 9.97 Å². The number of ether oxygens (including phenoxy) is 1. The molecule has 0 aliphatic heterocycles. The van der Waals surface area contributed by atoms with Crippen LogP contribution in [0.2, 0.25) is 0 Å². The lowest BCUT2D eigenvalue weighted by Gasteiger charge is -2.11. The topological polar surface area (TPSA) is 73.1 Å². The molecule has 0 spiro atoms. The molecular weight excluding hydrogens is 285 g/mol. The lowest BCUT2D eigenvalue weighted by molar-refractivity contribution is -0.145. The molecule has 0 amide bonds. The molecule has 5 nitrogen and oxygen atoms in total. The number of nitrogens with two attached hydrogens (primary N) is 1. The van der Waals surface area contributed by atoms with Crippen LogP contribution in [0.25, 0.3) is 0 Å². The van der Waals surface area contributed by atoms with Gasteiger partial charge in [0.25, 0.3) is 0 Å². The fraction of sp³-hybridized carbons (Fsp3) is 0.231. The number of nitrogens with one attached hydrogen (secondary N) is 1. The Morgan fingerprint density at radius 2 is 2.00 bits per heavy atom. The Balaban J connectivity index is 2.34. The van der Waals surface area contributed by atoms with Crippen LogP contribution in [0.4, 0.5) is 19.0 Å². The first kappa shape index (κ1) is 15.0. The first-order valence-corrected chi connectivity index (χ1v) is 6.12. The highest BCUT2D eigenvalue weighted by Crippen LogP contribution is 2.30. The molecule has 0 fully saturated rings. The van der Waals surface area contributed by atoms with E-state index in [9.17, 15) is 13.2 Å². The zero-order chi connectivity index (χ0) is 15.5. The predicted molar refractivity (Wildman–Crippen MR) is 70.7 cm³/mol. The lowest BCUT2D eigenvalue weighted by Crippen LogP contribution is -2.16. The number of nitrogen functional groups attached to an aromatic ring is 1. The standard InChI is InChI=1S/C13H13F3N4O/c1-2-8-4-3-5-9(6-8)21-11-7-10(20-17)18-12(19-11)13(14,15)16/h3-7H,2,17H2,1H3,(H,18,19,20). The van der Waals surface area contributed by atoms with Crippen LogP contribution in [0.3, 0.4) is 0 Å². The third-order valence-electron chi connectivity index (χ3n) is 2.63. The Labute approximate surface area is 118 Å². The number of rotatable bonds is 4. The summed E-state index contributed by atoms with van der Waals surface area (Å²) in [6, 6.07) is 8.19. The van der Waals surface area contributed by atoms with E-state index < -0.39 is 12.0 Å². The monoisotopic (exact) mass is 298 g/mol. The largest absolute Gasteiger partial charge is 0.451 e. The van der Waals surface area contributed by atoms with Crippen molar-refractivity contribution in [3.05, 3.63) is 41.7 Å². The summed E-state index contributed by atoms with van der Waals surface area (Å²) in [6.07, 6.45) is -3.90. The van der Waals surface area contributed by atoms with Gasteiger partial charge in [-0.3, -0.25) is 0 Å². The average Bonchev–Trinajstić information content (AvgIpc) is 2.46. The molecule has 0 atom stereocenters. The van der Waals surface area contributed by atoms with E-state index in [1.807, 2.05) is 13.0 Å². The van der Waals surface area contributed by atoms with Gasteiger partial charge in [0.1, 0.15) is 11.6 Å². The Morgan fingerprint density at radius 3 is 2.62 bits per heavy atom. The van der Waals surface area contributed by atoms with E-state index in [-0.39, 0.29) is 11.7 Å². The summed E-state index contributed by atoms with van der Waals surface area (Å²) in [5.41, 5.74) is 3.05. The average molecular weight is 298 g/mol. The van der Waals surface area contributed by atoms with Crippen LogP contribution < -0.4 is 16.0 Å². The number of aryl methyl sites for hydroxylation is 1. The quantitative estimate of drug-likeness (QED) is 0.670. The number of nitrogens with zero attached hydrogens (tertiary/aromatic N) is 2. The van der Waals surface area contributed by atoms with E-state index in [0.717, 1.165) is 12.0 Å². The van der Waals surface area contributed by atoms with Gasteiger partial charge in [0.05, 0.1) is 0 Å². The van der Waals surface area contributed by atoms with Crippen molar-refractivity contribution in [3.8, 4) is 11.6 Å². The number of alkyl halides is 3. The third kappa shape index (κ3) is 3.82. The highest BCUT2D eigenvalue weighted by molar-refractivity contribution is 5.40. The summed E-state index contributed by atoms with van der Waals surface area (Å²) in [4.78, 5) is 6.60. The van der Waals surface area contributed by atoms with E-state index in [2.05, 4.69) is 15.4 Å². The van der Waals surface area contributed by atoms with Gasteiger partial charge in [0.15, 0.2) is 0 Å². The van der Waals surface area contributed by atoms with Gasteiger partial charge in [-0.2, -0.15) is 18.2 Å². The van der Waals surface area contributed by atoms with Crippen LogP contribution in [0, 0.1) is 0 Å². The smallest absolute Gasteiger partial charge is 0.439 e. The maximum Gasteiger partial charge on any atom is 0.451 e. The molecule has 21 heavy (non-hydrogen) atoms. The van der Waals surface area contributed by atoms with Gasteiger partial charge in [0.2, 0.25) is 11.7 Å². The molecule has 2 aromatic rings. The van der Waals surface area contributed by atoms with Crippen molar-refractivity contribution < 1.29 is 17.9 Å².